The van der Waals surface area contributed by atoms with Crippen LogP contribution < -0.4 is 15.4 Å². The zero-order chi connectivity index (χ0) is 19.6. The van der Waals surface area contributed by atoms with Crippen LogP contribution in [0.5, 0.6) is 5.75 Å². The minimum absolute atomic E-state index is 0.681. The van der Waals surface area contributed by atoms with E-state index in [9.17, 15) is 0 Å². The van der Waals surface area contributed by atoms with E-state index in [1.807, 2.05) is 31.2 Å². The molecule has 0 aliphatic carbocycles. The van der Waals surface area contributed by atoms with Crippen molar-refractivity contribution >= 4 is 11.8 Å². The highest BCUT2D eigenvalue weighted by molar-refractivity contribution is 5.42. The Labute approximate surface area is 167 Å². The van der Waals surface area contributed by atoms with Gasteiger partial charge in [0.2, 0.25) is 5.95 Å². The topological polar surface area (TPSA) is 59.1 Å². The number of rotatable bonds is 10. The van der Waals surface area contributed by atoms with Crippen LogP contribution in [-0.2, 0) is 12.8 Å². The molecule has 2 aromatic carbocycles. The maximum Gasteiger partial charge on any atom is 0.224 e. The molecule has 1 aromatic heterocycles. The summed E-state index contributed by atoms with van der Waals surface area (Å²) in [5.74, 6) is 2.41. The van der Waals surface area contributed by atoms with Crippen LogP contribution in [0.2, 0.25) is 0 Å². The van der Waals surface area contributed by atoms with Gasteiger partial charge >= 0.3 is 0 Å². The Bertz CT molecular complexity index is 850. The number of ether oxygens (including phenoxy) is 1. The van der Waals surface area contributed by atoms with Crippen molar-refractivity contribution in [1.29, 1.82) is 0 Å². The fourth-order valence-electron chi connectivity index (χ4n) is 3.00. The van der Waals surface area contributed by atoms with E-state index in [4.69, 9.17) is 4.74 Å². The van der Waals surface area contributed by atoms with E-state index >= 15 is 0 Å². The fourth-order valence-corrected chi connectivity index (χ4v) is 3.00. The van der Waals surface area contributed by atoms with E-state index in [0.29, 0.717) is 5.95 Å². The Morgan fingerprint density at radius 1 is 0.821 bits per heavy atom. The molecular formula is C23H28N4O. The lowest BCUT2D eigenvalue weighted by Crippen LogP contribution is -2.11. The third kappa shape index (κ3) is 6.27. The first-order chi connectivity index (χ1) is 13.7. The van der Waals surface area contributed by atoms with Crippen LogP contribution in [0.4, 0.5) is 11.8 Å². The van der Waals surface area contributed by atoms with Crippen molar-refractivity contribution in [2.45, 2.75) is 26.2 Å². The molecule has 0 unspecified atom stereocenters. The van der Waals surface area contributed by atoms with E-state index in [1.54, 1.807) is 7.11 Å². The molecule has 0 fully saturated rings. The van der Waals surface area contributed by atoms with E-state index in [-0.39, 0.29) is 0 Å². The monoisotopic (exact) mass is 376 g/mol. The third-order valence-corrected chi connectivity index (χ3v) is 4.50. The average Bonchev–Trinajstić information content (AvgIpc) is 2.72. The number of nitrogens with one attached hydrogen (secondary N) is 2. The van der Waals surface area contributed by atoms with Gasteiger partial charge in [-0.05, 0) is 49.4 Å². The Balaban J connectivity index is 1.45. The van der Waals surface area contributed by atoms with Gasteiger partial charge in [-0.15, -0.1) is 0 Å². The van der Waals surface area contributed by atoms with Gasteiger partial charge in [0.05, 0.1) is 7.11 Å². The van der Waals surface area contributed by atoms with Crippen molar-refractivity contribution in [2.24, 2.45) is 0 Å². The van der Waals surface area contributed by atoms with Gasteiger partial charge in [-0.1, -0.05) is 42.5 Å². The first-order valence-corrected chi connectivity index (χ1v) is 9.73. The molecule has 0 saturated carbocycles. The smallest absolute Gasteiger partial charge is 0.224 e. The summed E-state index contributed by atoms with van der Waals surface area (Å²) >= 11 is 0. The molecule has 0 aliphatic heterocycles. The first-order valence-electron chi connectivity index (χ1n) is 9.73. The number of aryl methyl sites for hydroxylation is 2. The van der Waals surface area contributed by atoms with Crippen molar-refractivity contribution in [3.63, 3.8) is 0 Å². The largest absolute Gasteiger partial charge is 0.497 e. The summed E-state index contributed by atoms with van der Waals surface area (Å²) in [6.45, 7) is 3.66. The second-order valence-corrected chi connectivity index (χ2v) is 6.76. The predicted molar refractivity (Wildman–Crippen MR) is 115 cm³/mol. The molecule has 5 heteroatoms. The van der Waals surface area contributed by atoms with Crippen molar-refractivity contribution in [3.8, 4) is 5.75 Å². The summed E-state index contributed by atoms with van der Waals surface area (Å²) in [5.41, 5.74) is 3.57. The maximum absolute atomic E-state index is 5.20. The molecule has 3 rings (SSSR count). The summed E-state index contributed by atoms with van der Waals surface area (Å²) in [6, 6.07) is 20.7. The second kappa shape index (κ2) is 10.3. The number of aromatic nitrogens is 2. The van der Waals surface area contributed by atoms with Crippen molar-refractivity contribution in [1.82, 2.24) is 9.97 Å². The molecule has 146 valence electrons. The lowest BCUT2D eigenvalue weighted by Gasteiger charge is -2.10. The van der Waals surface area contributed by atoms with Crippen LogP contribution in [0.3, 0.4) is 0 Å². The minimum atomic E-state index is 0.681. The second-order valence-electron chi connectivity index (χ2n) is 6.76. The van der Waals surface area contributed by atoms with Gasteiger partial charge in [0.25, 0.3) is 0 Å². The van der Waals surface area contributed by atoms with Crippen LogP contribution in [0.1, 0.15) is 23.2 Å². The highest BCUT2D eigenvalue weighted by Crippen LogP contribution is 2.13. The number of methoxy groups -OCH3 is 1. The average molecular weight is 377 g/mol. The summed E-state index contributed by atoms with van der Waals surface area (Å²) in [4.78, 5) is 9.07. The van der Waals surface area contributed by atoms with Gasteiger partial charge in [0.15, 0.2) is 0 Å². The molecule has 0 atom stereocenters. The molecule has 0 amide bonds. The molecular weight excluding hydrogens is 348 g/mol. The normalized spacial score (nSPS) is 10.5. The SMILES string of the molecule is COc1ccc(CCNc2cc(C)nc(NCCCc3ccccc3)n2)cc1. The number of anilines is 2. The molecule has 0 bridgehead atoms. The van der Waals surface area contributed by atoms with Gasteiger partial charge in [0, 0.05) is 24.8 Å². The van der Waals surface area contributed by atoms with Crippen LogP contribution in [-0.4, -0.2) is 30.2 Å². The summed E-state index contributed by atoms with van der Waals surface area (Å²) in [6.07, 6.45) is 3.01. The summed E-state index contributed by atoms with van der Waals surface area (Å²) < 4.78 is 5.20. The van der Waals surface area contributed by atoms with Crippen LogP contribution in [0.15, 0.2) is 60.7 Å². The van der Waals surface area contributed by atoms with Crippen molar-refractivity contribution < 1.29 is 4.74 Å². The Hall–Kier alpha value is -3.08. The van der Waals surface area contributed by atoms with E-state index in [2.05, 4.69) is 57.0 Å². The molecule has 2 N–H and O–H groups in total. The summed E-state index contributed by atoms with van der Waals surface area (Å²) in [7, 11) is 1.68. The molecule has 28 heavy (non-hydrogen) atoms. The van der Waals surface area contributed by atoms with Crippen LogP contribution in [0, 0.1) is 6.92 Å². The van der Waals surface area contributed by atoms with Crippen molar-refractivity contribution in [3.05, 3.63) is 77.5 Å². The van der Waals surface area contributed by atoms with Crippen LogP contribution in [0.25, 0.3) is 0 Å². The molecule has 3 aromatic rings. The van der Waals surface area contributed by atoms with E-state index in [0.717, 1.165) is 49.6 Å². The minimum Gasteiger partial charge on any atom is -0.497 e. The van der Waals surface area contributed by atoms with Crippen molar-refractivity contribution in [2.75, 3.05) is 30.8 Å². The highest BCUT2D eigenvalue weighted by atomic mass is 16.5. The molecule has 0 aliphatic rings. The maximum atomic E-state index is 5.20. The molecule has 0 spiro atoms. The fraction of sp³-hybridized carbons (Fsp3) is 0.304. The quantitative estimate of drug-likeness (QED) is 0.511. The Morgan fingerprint density at radius 2 is 1.57 bits per heavy atom. The van der Waals surface area contributed by atoms with Gasteiger partial charge in [-0.2, -0.15) is 4.98 Å². The third-order valence-electron chi connectivity index (χ3n) is 4.50. The molecule has 1 heterocycles. The predicted octanol–water partition coefficient (Wildman–Crippen LogP) is 4.49. The molecule has 5 nitrogen and oxygen atoms in total. The van der Waals surface area contributed by atoms with E-state index < -0.39 is 0 Å². The van der Waals surface area contributed by atoms with Gasteiger partial charge in [-0.3, -0.25) is 0 Å². The summed E-state index contributed by atoms with van der Waals surface area (Å²) in [5, 5.41) is 6.74. The lowest BCUT2D eigenvalue weighted by molar-refractivity contribution is 0.414. The zero-order valence-corrected chi connectivity index (χ0v) is 16.6. The lowest BCUT2D eigenvalue weighted by atomic mass is 10.1. The first kappa shape index (κ1) is 19.7. The van der Waals surface area contributed by atoms with Gasteiger partial charge < -0.3 is 15.4 Å². The molecule has 0 saturated heterocycles. The van der Waals surface area contributed by atoms with E-state index in [1.165, 1.54) is 11.1 Å². The Morgan fingerprint density at radius 3 is 2.32 bits per heavy atom. The zero-order valence-electron chi connectivity index (χ0n) is 16.6. The standard InChI is InChI=1S/C23H28N4O/c1-18-17-22(24-16-14-20-10-12-21(28-2)13-11-20)27-23(26-18)25-15-6-9-19-7-4-3-5-8-19/h3-5,7-8,10-13,17H,6,9,14-16H2,1-2H3,(H2,24,25,26,27). The van der Waals surface area contributed by atoms with Gasteiger partial charge in [0.1, 0.15) is 11.6 Å². The molecule has 0 radical (unpaired) electrons. The number of benzene rings is 2. The number of hydrogen-bond acceptors (Lipinski definition) is 5. The number of hydrogen-bond donors (Lipinski definition) is 2. The van der Waals surface area contributed by atoms with Gasteiger partial charge in [-0.25, -0.2) is 4.98 Å². The highest BCUT2D eigenvalue weighted by Gasteiger charge is 2.03. The van der Waals surface area contributed by atoms with Crippen LogP contribution >= 0.6 is 0 Å². The Kier molecular flexibility index (Phi) is 7.24. The number of nitrogens with zero attached hydrogens (tertiary/aromatic N) is 2.